The number of carbonyl (C=O) groups is 2. The third kappa shape index (κ3) is 4.19. The Balaban J connectivity index is 2.09. The fourth-order valence-electron chi connectivity index (χ4n) is 1.93. The van der Waals surface area contributed by atoms with Gasteiger partial charge in [-0.1, -0.05) is 40.9 Å². The Bertz CT molecular complexity index is 772. The van der Waals surface area contributed by atoms with Crippen LogP contribution in [0.15, 0.2) is 36.4 Å². The van der Waals surface area contributed by atoms with Gasteiger partial charge in [-0.15, -0.1) is 0 Å². The quantitative estimate of drug-likeness (QED) is 0.794. The monoisotopic (exact) mass is 367 g/mol. The van der Waals surface area contributed by atoms with Crippen LogP contribution in [0, 0.1) is 6.92 Å². The molecule has 2 aromatic carbocycles. The number of ether oxygens (including phenoxy) is 1. The van der Waals surface area contributed by atoms with Gasteiger partial charge in [0.05, 0.1) is 15.7 Å². The summed E-state index contributed by atoms with van der Waals surface area (Å²) in [5, 5.41) is 12.8. The number of phenols is 1. The summed E-state index contributed by atoms with van der Waals surface area (Å²) >= 11 is 12.0. The van der Waals surface area contributed by atoms with Gasteiger partial charge in [0.25, 0.3) is 5.91 Å². The van der Waals surface area contributed by atoms with Gasteiger partial charge in [0.15, 0.2) is 6.10 Å². The van der Waals surface area contributed by atoms with Crippen molar-refractivity contribution in [3.05, 3.63) is 57.6 Å². The van der Waals surface area contributed by atoms with Crippen molar-refractivity contribution in [2.45, 2.75) is 20.0 Å². The van der Waals surface area contributed by atoms with Crippen LogP contribution >= 0.6 is 23.2 Å². The molecule has 0 aliphatic heterocycles. The van der Waals surface area contributed by atoms with E-state index in [0.29, 0.717) is 0 Å². The van der Waals surface area contributed by atoms with E-state index in [2.05, 4.69) is 5.32 Å². The maximum Gasteiger partial charge on any atom is 0.342 e. The van der Waals surface area contributed by atoms with Gasteiger partial charge in [-0.3, -0.25) is 4.79 Å². The van der Waals surface area contributed by atoms with E-state index in [-0.39, 0.29) is 27.0 Å². The minimum absolute atomic E-state index is 0.00886. The van der Waals surface area contributed by atoms with Gasteiger partial charge in [-0.05, 0) is 38.1 Å². The van der Waals surface area contributed by atoms with Gasteiger partial charge >= 0.3 is 5.97 Å². The lowest BCUT2D eigenvalue weighted by atomic mass is 10.1. The van der Waals surface area contributed by atoms with Crippen molar-refractivity contribution in [3.63, 3.8) is 0 Å². The van der Waals surface area contributed by atoms with Crippen LogP contribution in [-0.2, 0) is 9.53 Å². The van der Waals surface area contributed by atoms with Crippen molar-refractivity contribution >= 4 is 40.8 Å². The molecule has 0 aromatic heterocycles. The predicted molar refractivity (Wildman–Crippen MR) is 92.8 cm³/mol. The fourth-order valence-corrected chi connectivity index (χ4v) is 2.42. The summed E-state index contributed by atoms with van der Waals surface area (Å²) in [5.74, 6) is -1.61. The molecule has 0 spiro atoms. The van der Waals surface area contributed by atoms with E-state index in [9.17, 15) is 14.7 Å². The second-order valence-corrected chi connectivity index (χ2v) is 5.97. The summed E-state index contributed by atoms with van der Waals surface area (Å²) in [6, 6.07) is 9.31. The topological polar surface area (TPSA) is 75.6 Å². The Morgan fingerprint density at radius 1 is 1.17 bits per heavy atom. The SMILES string of the molecule is Cc1ccc(O)c(C(=O)O[C@@H](C)C(=O)Nc2c(Cl)cccc2Cl)c1. The Morgan fingerprint density at radius 3 is 2.42 bits per heavy atom. The molecule has 24 heavy (non-hydrogen) atoms. The van der Waals surface area contributed by atoms with Gasteiger partial charge in [0.2, 0.25) is 0 Å². The lowest BCUT2D eigenvalue weighted by molar-refractivity contribution is -0.123. The van der Waals surface area contributed by atoms with E-state index in [1.165, 1.54) is 19.1 Å². The highest BCUT2D eigenvalue weighted by Gasteiger charge is 2.22. The first kappa shape index (κ1) is 18.1. The number of carbonyl (C=O) groups excluding carboxylic acids is 2. The average molecular weight is 368 g/mol. The fraction of sp³-hybridized carbons (Fsp3) is 0.176. The molecule has 2 aromatic rings. The summed E-state index contributed by atoms with van der Waals surface area (Å²) < 4.78 is 5.09. The number of benzene rings is 2. The molecule has 0 heterocycles. The zero-order chi connectivity index (χ0) is 17.9. The Morgan fingerprint density at radius 2 is 1.79 bits per heavy atom. The molecule has 0 fully saturated rings. The van der Waals surface area contributed by atoms with Crippen LogP contribution in [0.1, 0.15) is 22.8 Å². The predicted octanol–water partition coefficient (Wildman–Crippen LogP) is 4.19. The van der Waals surface area contributed by atoms with Crippen molar-refractivity contribution in [2.75, 3.05) is 5.32 Å². The van der Waals surface area contributed by atoms with E-state index in [1.54, 1.807) is 31.2 Å². The number of rotatable bonds is 4. The first-order chi connectivity index (χ1) is 11.3. The van der Waals surface area contributed by atoms with Crippen LogP contribution in [-0.4, -0.2) is 23.1 Å². The zero-order valence-electron chi connectivity index (χ0n) is 13.0. The largest absolute Gasteiger partial charge is 0.507 e. The molecule has 2 rings (SSSR count). The molecule has 0 aliphatic rings. The number of amides is 1. The molecule has 7 heteroatoms. The van der Waals surface area contributed by atoms with Crippen molar-refractivity contribution in [1.29, 1.82) is 0 Å². The summed E-state index contributed by atoms with van der Waals surface area (Å²) in [7, 11) is 0. The smallest absolute Gasteiger partial charge is 0.342 e. The molecule has 1 amide bonds. The number of hydrogen-bond donors (Lipinski definition) is 2. The number of phenolic OH excluding ortho intramolecular Hbond substituents is 1. The van der Waals surface area contributed by atoms with E-state index >= 15 is 0 Å². The van der Waals surface area contributed by atoms with Gasteiger partial charge in [0, 0.05) is 0 Å². The van der Waals surface area contributed by atoms with Crippen LogP contribution in [0.2, 0.25) is 10.0 Å². The Labute approximate surface area is 149 Å². The van der Waals surface area contributed by atoms with E-state index in [4.69, 9.17) is 27.9 Å². The third-order valence-corrected chi connectivity index (χ3v) is 3.87. The van der Waals surface area contributed by atoms with E-state index < -0.39 is 18.0 Å². The van der Waals surface area contributed by atoms with Crippen LogP contribution in [0.3, 0.4) is 0 Å². The summed E-state index contributed by atoms with van der Waals surface area (Å²) in [4.78, 5) is 24.3. The first-order valence-corrected chi connectivity index (χ1v) is 7.80. The lowest BCUT2D eigenvalue weighted by Crippen LogP contribution is -2.30. The molecular weight excluding hydrogens is 353 g/mol. The summed E-state index contributed by atoms with van der Waals surface area (Å²) in [5.41, 5.74) is 1.01. The number of aromatic hydroxyl groups is 1. The van der Waals surface area contributed by atoms with Gasteiger partial charge in [0.1, 0.15) is 11.3 Å². The van der Waals surface area contributed by atoms with Crippen LogP contribution < -0.4 is 5.32 Å². The van der Waals surface area contributed by atoms with Crippen molar-refractivity contribution in [3.8, 4) is 5.75 Å². The average Bonchev–Trinajstić information content (AvgIpc) is 2.53. The second-order valence-electron chi connectivity index (χ2n) is 5.15. The molecule has 0 bridgehead atoms. The molecular formula is C17H15Cl2NO4. The number of esters is 1. The second kappa shape index (κ2) is 7.55. The highest BCUT2D eigenvalue weighted by molar-refractivity contribution is 6.39. The molecule has 0 aliphatic carbocycles. The number of halogens is 2. The molecule has 1 atom stereocenters. The molecule has 2 N–H and O–H groups in total. The minimum Gasteiger partial charge on any atom is -0.507 e. The molecule has 0 saturated heterocycles. The zero-order valence-corrected chi connectivity index (χ0v) is 14.5. The third-order valence-electron chi connectivity index (χ3n) is 3.24. The highest BCUT2D eigenvalue weighted by atomic mass is 35.5. The Kier molecular flexibility index (Phi) is 5.70. The van der Waals surface area contributed by atoms with Crippen LogP contribution in [0.5, 0.6) is 5.75 Å². The molecule has 0 saturated carbocycles. The maximum absolute atomic E-state index is 12.2. The van der Waals surface area contributed by atoms with Crippen molar-refractivity contribution in [1.82, 2.24) is 0 Å². The lowest BCUT2D eigenvalue weighted by Gasteiger charge is -2.15. The molecule has 0 unspecified atom stereocenters. The number of hydrogen-bond acceptors (Lipinski definition) is 4. The molecule has 0 radical (unpaired) electrons. The first-order valence-electron chi connectivity index (χ1n) is 7.05. The van der Waals surface area contributed by atoms with Crippen LogP contribution in [0.25, 0.3) is 0 Å². The number of para-hydroxylation sites is 1. The summed E-state index contributed by atoms with van der Waals surface area (Å²) in [6.45, 7) is 3.18. The standard InChI is InChI=1S/C17H15Cl2NO4/c1-9-6-7-14(21)11(8-9)17(23)24-10(2)16(22)20-15-12(18)4-3-5-13(15)19/h3-8,10,21H,1-2H3,(H,20,22)/t10-/m0/s1. The van der Waals surface area contributed by atoms with Gasteiger partial charge in [-0.25, -0.2) is 4.79 Å². The van der Waals surface area contributed by atoms with Crippen molar-refractivity contribution in [2.24, 2.45) is 0 Å². The molecule has 126 valence electrons. The number of anilines is 1. The number of aryl methyl sites for hydroxylation is 1. The Hall–Kier alpha value is -2.24. The maximum atomic E-state index is 12.2. The molecule has 5 nitrogen and oxygen atoms in total. The highest BCUT2D eigenvalue weighted by Crippen LogP contribution is 2.30. The van der Waals surface area contributed by atoms with Crippen molar-refractivity contribution < 1.29 is 19.4 Å². The van der Waals surface area contributed by atoms with Crippen LogP contribution in [0.4, 0.5) is 5.69 Å². The van der Waals surface area contributed by atoms with E-state index in [0.717, 1.165) is 5.56 Å². The van der Waals surface area contributed by atoms with E-state index in [1.807, 2.05) is 0 Å². The van der Waals surface area contributed by atoms with Gasteiger partial charge in [-0.2, -0.15) is 0 Å². The minimum atomic E-state index is -1.11. The number of nitrogens with one attached hydrogen (secondary N) is 1. The summed E-state index contributed by atoms with van der Waals surface area (Å²) in [6.07, 6.45) is -1.11. The van der Waals surface area contributed by atoms with Gasteiger partial charge < -0.3 is 15.2 Å². The normalized spacial score (nSPS) is 11.7.